The van der Waals surface area contributed by atoms with Crippen molar-refractivity contribution in [3.05, 3.63) is 112 Å². The van der Waals surface area contributed by atoms with Gasteiger partial charge in [0, 0.05) is 68.2 Å². The van der Waals surface area contributed by atoms with E-state index >= 15 is 0 Å². The van der Waals surface area contributed by atoms with E-state index in [0.29, 0.717) is 41.4 Å². The number of nitro groups is 1. The third kappa shape index (κ3) is 9.32. The van der Waals surface area contributed by atoms with E-state index in [9.17, 15) is 23.3 Å². The largest absolute Gasteiger partial charge is 0.455 e. The van der Waals surface area contributed by atoms with Crippen molar-refractivity contribution >= 4 is 44.0 Å². The van der Waals surface area contributed by atoms with Gasteiger partial charge < -0.3 is 24.7 Å². The average molecular weight is 904 g/mol. The summed E-state index contributed by atoms with van der Waals surface area (Å²) in [6.07, 6.45) is 13.9. The van der Waals surface area contributed by atoms with Crippen molar-refractivity contribution < 1.29 is 27.6 Å². The molecule has 65 heavy (non-hydrogen) atoms. The first kappa shape index (κ1) is 44.7. The van der Waals surface area contributed by atoms with Crippen LogP contribution in [0, 0.1) is 21.4 Å². The second kappa shape index (κ2) is 18.0. The first-order valence-corrected chi connectivity index (χ1v) is 24.7. The molecule has 0 radical (unpaired) electrons. The van der Waals surface area contributed by atoms with Gasteiger partial charge in [0.15, 0.2) is 0 Å². The number of amides is 1. The second-order valence-corrected chi connectivity index (χ2v) is 21.1. The van der Waals surface area contributed by atoms with Gasteiger partial charge in [-0.1, -0.05) is 38.1 Å². The number of H-pyrrole nitrogens is 1. The number of carbonyl (C=O) groups is 1. The minimum Gasteiger partial charge on any atom is -0.455 e. The van der Waals surface area contributed by atoms with E-state index in [1.165, 1.54) is 48.9 Å². The summed E-state index contributed by atoms with van der Waals surface area (Å²) in [5.41, 5.74) is 4.46. The predicted molar refractivity (Wildman–Crippen MR) is 252 cm³/mol. The number of likely N-dealkylation sites (tertiary alicyclic amines) is 1. The van der Waals surface area contributed by atoms with E-state index in [0.717, 1.165) is 75.3 Å². The van der Waals surface area contributed by atoms with Crippen LogP contribution in [0.25, 0.3) is 11.0 Å². The lowest BCUT2D eigenvalue weighted by Gasteiger charge is -2.56. The molecule has 2 aromatic heterocycles. The summed E-state index contributed by atoms with van der Waals surface area (Å²) in [5, 5.41) is 16.2. The van der Waals surface area contributed by atoms with Crippen LogP contribution in [0.5, 0.6) is 11.5 Å². The number of nitrogens with one attached hydrogen (secondary N) is 3. The maximum Gasteiger partial charge on any atom is 0.293 e. The molecule has 5 aromatic rings. The molecule has 4 fully saturated rings. The molecule has 2 saturated carbocycles. The van der Waals surface area contributed by atoms with Crippen molar-refractivity contribution in [1.82, 2.24) is 19.6 Å². The number of carbonyl (C=O) groups excluding carboxylic acids is 1. The van der Waals surface area contributed by atoms with Crippen LogP contribution < -0.4 is 19.7 Å². The van der Waals surface area contributed by atoms with Gasteiger partial charge in [-0.05, 0) is 142 Å². The molecule has 0 unspecified atom stereocenters. The molecule has 1 spiro atoms. The highest BCUT2D eigenvalue weighted by Gasteiger charge is 2.50. The van der Waals surface area contributed by atoms with Crippen LogP contribution in [0.4, 0.5) is 17.1 Å². The summed E-state index contributed by atoms with van der Waals surface area (Å²) in [5.74, 6) is 0.396. The van der Waals surface area contributed by atoms with Crippen LogP contribution in [0.1, 0.15) is 118 Å². The Morgan fingerprint density at radius 3 is 2.49 bits per heavy atom. The highest BCUT2D eigenvalue weighted by atomic mass is 32.2. The maximum atomic E-state index is 14.0. The Kier molecular flexibility index (Phi) is 12.4. The fourth-order valence-corrected chi connectivity index (χ4v) is 12.0. The van der Waals surface area contributed by atoms with Gasteiger partial charge in [-0.3, -0.25) is 19.8 Å². The van der Waals surface area contributed by atoms with E-state index in [1.807, 2.05) is 12.1 Å². The predicted octanol–water partition coefficient (Wildman–Crippen LogP) is 10.1. The molecule has 9 rings (SSSR count). The summed E-state index contributed by atoms with van der Waals surface area (Å²) in [6.45, 7) is 10.0. The number of benzene rings is 3. The molecule has 3 N–H and O–H groups in total. The van der Waals surface area contributed by atoms with Crippen LogP contribution in [-0.2, 0) is 14.8 Å². The molecule has 15 heteroatoms. The summed E-state index contributed by atoms with van der Waals surface area (Å²) in [7, 11) is -2.83. The average Bonchev–Trinajstić information content (AvgIpc) is 3.98. The summed E-state index contributed by atoms with van der Waals surface area (Å²) >= 11 is 0. The summed E-state index contributed by atoms with van der Waals surface area (Å²) < 4.78 is 41.7. The highest BCUT2D eigenvalue weighted by molar-refractivity contribution is 7.90. The SMILES string of the molecule is CO[C@]1(C)CC[C@@H](CNc2ccc(S(=O)(=O)NC(=O)c3ccc(N4CCC5(CC4)CC(N4CCC[C@H]4c4ccccc4C(C)C)C5)cc3Oc3cnc4[nH]ccc4c3)cc2[N+](=O)[O-])CC1. The number of anilines is 2. The Hall–Kier alpha value is -5.51. The van der Waals surface area contributed by atoms with Crippen LogP contribution in [0.2, 0.25) is 0 Å². The minimum absolute atomic E-state index is 0.00847. The Balaban J connectivity index is 0.891. The molecule has 3 aromatic carbocycles. The quantitative estimate of drug-likeness (QED) is 0.0715. The van der Waals surface area contributed by atoms with Crippen LogP contribution in [0.3, 0.4) is 0 Å². The molecule has 2 aliphatic heterocycles. The first-order valence-electron chi connectivity index (χ1n) is 23.2. The van der Waals surface area contributed by atoms with Crippen molar-refractivity contribution in [3.63, 3.8) is 0 Å². The van der Waals surface area contributed by atoms with Gasteiger partial charge in [0.25, 0.3) is 21.6 Å². The Morgan fingerprint density at radius 1 is 0.985 bits per heavy atom. The molecule has 2 saturated heterocycles. The van der Waals surface area contributed by atoms with E-state index < -0.39 is 31.4 Å². The lowest BCUT2D eigenvalue weighted by atomic mass is 9.59. The lowest BCUT2D eigenvalue weighted by Crippen LogP contribution is -2.54. The number of pyridine rings is 1. The lowest BCUT2D eigenvalue weighted by molar-refractivity contribution is -0.384. The van der Waals surface area contributed by atoms with Crippen LogP contribution in [-0.4, -0.2) is 79.0 Å². The van der Waals surface area contributed by atoms with Gasteiger partial charge in [-0.25, -0.2) is 18.1 Å². The maximum absolute atomic E-state index is 14.0. The number of methoxy groups -OCH3 is 1. The topological polar surface area (TPSA) is 172 Å². The number of hydrogen-bond acceptors (Lipinski definition) is 11. The first-order chi connectivity index (χ1) is 31.2. The number of hydrogen-bond donors (Lipinski definition) is 3. The number of fused-ring (bicyclic) bond motifs is 1. The van der Waals surface area contributed by atoms with Gasteiger partial charge in [-0.2, -0.15) is 0 Å². The van der Waals surface area contributed by atoms with Gasteiger partial charge in [0.05, 0.1) is 27.2 Å². The van der Waals surface area contributed by atoms with Crippen molar-refractivity contribution in [2.24, 2.45) is 11.3 Å². The number of aromatic nitrogens is 2. The van der Waals surface area contributed by atoms with E-state index in [1.54, 1.807) is 37.7 Å². The normalized spacial score (nSPS) is 22.6. The van der Waals surface area contributed by atoms with Crippen LogP contribution in [0.15, 0.2) is 90.1 Å². The number of sulfonamides is 1. The standard InChI is InChI=1S/C50H61N7O7S/c1-33(2)40-8-5-6-9-41(40)44-10-7-23-56(44)37-29-50(30-37)20-24-55(25-21-50)36-11-13-42(46(27-36)64-38-26-35-17-22-51-47(35)53-32-38)48(58)54-65(61,62)39-12-14-43(45(28-39)57(59)60)52-31-34-15-18-49(3,63-4)19-16-34/h5-6,8-9,11-14,17,22,26-28,32-34,37,44,52H,7,10,15-16,18-21,23-25,29-31H2,1-4H3,(H,51,53)(H,54,58)/t34-,44-,49-/m0/s1. The number of aromatic amines is 1. The Bertz CT molecular complexity index is 2660. The zero-order chi connectivity index (χ0) is 45.5. The van der Waals surface area contributed by atoms with E-state index in [2.05, 4.69) is 74.8 Å². The number of nitrogens with zero attached hydrogens (tertiary/aromatic N) is 4. The van der Waals surface area contributed by atoms with Crippen molar-refractivity contribution in [1.29, 1.82) is 0 Å². The zero-order valence-electron chi connectivity index (χ0n) is 37.8. The van der Waals surface area contributed by atoms with E-state index in [4.69, 9.17) is 9.47 Å². The van der Waals surface area contributed by atoms with Gasteiger partial charge >= 0.3 is 0 Å². The molecular weight excluding hydrogens is 843 g/mol. The third-order valence-electron chi connectivity index (χ3n) is 15.0. The zero-order valence-corrected chi connectivity index (χ0v) is 38.7. The summed E-state index contributed by atoms with van der Waals surface area (Å²) in [6, 6.07) is 22.6. The smallest absolute Gasteiger partial charge is 0.293 e. The molecule has 344 valence electrons. The monoisotopic (exact) mass is 903 g/mol. The number of ether oxygens (including phenoxy) is 2. The highest BCUT2D eigenvalue weighted by Crippen LogP contribution is 2.54. The molecule has 14 nitrogen and oxygen atoms in total. The third-order valence-corrected chi connectivity index (χ3v) is 16.3. The fraction of sp³-hybridized carbons (Fsp3) is 0.480. The molecule has 1 atom stereocenters. The second-order valence-electron chi connectivity index (χ2n) is 19.4. The van der Waals surface area contributed by atoms with Gasteiger partial charge in [0.1, 0.15) is 22.8 Å². The fourth-order valence-electron chi connectivity index (χ4n) is 11.0. The van der Waals surface area contributed by atoms with Crippen molar-refractivity contribution in [2.75, 3.05) is 43.5 Å². The van der Waals surface area contributed by atoms with Crippen molar-refractivity contribution in [2.45, 2.75) is 113 Å². The van der Waals surface area contributed by atoms with Crippen molar-refractivity contribution in [3.8, 4) is 11.5 Å². The molecular formula is C50H61N7O7S. The van der Waals surface area contributed by atoms with E-state index in [-0.39, 0.29) is 28.5 Å². The minimum atomic E-state index is -4.55. The molecule has 0 bridgehead atoms. The molecule has 1 amide bonds. The van der Waals surface area contributed by atoms with Crippen LogP contribution >= 0.6 is 0 Å². The number of rotatable bonds is 14. The van der Waals surface area contributed by atoms with Gasteiger partial charge in [0.2, 0.25) is 0 Å². The Labute approximate surface area is 381 Å². The Morgan fingerprint density at radius 2 is 1.75 bits per heavy atom. The molecule has 4 heterocycles. The number of nitro benzene ring substituents is 1. The summed E-state index contributed by atoms with van der Waals surface area (Å²) in [4.78, 5) is 37.8. The number of piperidine rings is 1. The molecule has 2 aliphatic carbocycles. The van der Waals surface area contributed by atoms with Gasteiger partial charge in [-0.15, -0.1) is 0 Å². The molecule has 4 aliphatic rings.